The van der Waals surface area contributed by atoms with E-state index in [0.29, 0.717) is 11.2 Å². The zero-order chi connectivity index (χ0) is 14.2. The van der Waals surface area contributed by atoms with Crippen LogP contribution >= 0.6 is 15.9 Å². The molecule has 0 aliphatic carbocycles. The summed E-state index contributed by atoms with van der Waals surface area (Å²) in [4.78, 5) is 0. The van der Waals surface area contributed by atoms with Gasteiger partial charge in [-0.2, -0.15) is 13.2 Å². The Morgan fingerprint density at radius 2 is 1.95 bits per heavy atom. The van der Waals surface area contributed by atoms with Crippen molar-refractivity contribution in [3.05, 3.63) is 35.4 Å². The van der Waals surface area contributed by atoms with Crippen molar-refractivity contribution in [2.45, 2.75) is 11.5 Å². The summed E-state index contributed by atoms with van der Waals surface area (Å²) in [7, 11) is 1.63. The molecule has 2 aromatic rings. The van der Waals surface area contributed by atoms with Crippen molar-refractivity contribution < 1.29 is 17.6 Å². The summed E-state index contributed by atoms with van der Waals surface area (Å²) < 4.78 is 52.6. The van der Waals surface area contributed by atoms with E-state index in [1.807, 2.05) is 0 Å². The summed E-state index contributed by atoms with van der Waals surface area (Å²) in [6.07, 6.45) is -4.74. The van der Waals surface area contributed by atoms with Gasteiger partial charge in [-0.15, -0.1) is 10.2 Å². The lowest BCUT2D eigenvalue weighted by atomic mass is 10.1. The SMILES string of the molecule is Cn1c(CBr)nnc1-c1ccc(F)c(C(F)(F)F)c1. The summed E-state index contributed by atoms with van der Waals surface area (Å²) >= 11 is 3.19. The highest BCUT2D eigenvalue weighted by atomic mass is 79.9. The third kappa shape index (κ3) is 2.63. The molecule has 0 fully saturated rings. The average Bonchev–Trinajstić information content (AvgIpc) is 2.70. The molecule has 0 spiro atoms. The molecule has 0 bridgehead atoms. The van der Waals surface area contributed by atoms with Crippen molar-refractivity contribution in [1.82, 2.24) is 14.8 Å². The van der Waals surface area contributed by atoms with E-state index >= 15 is 0 Å². The van der Waals surface area contributed by atoms with Gasteiger partial charge in [0.25, 0.3) is 0 Å². The predicted molar refractivity (Wildman–Crippen MR) is 64.0 cm³/mol. The van der Waals surface area contributed by atoms with Crippen LogP contribution in [-0.2, 0) is 18.6 Å². The van der Waals surface area contributed by atoms with Crippen LogP contribution in [-0.4, -0.2) is 14.8 Å². The minimum absolute atomic E-state index is 0.163. The summed E-state index contributed by atoms with van der Waals surface area (Å²) in [5.74, 6) is -0.494. The molecule has 3 nitrogen and oxygen atoms in total. The zero-order valence-corrected chi connectivity index (χ0v) is 11.3. The number of rotatable bonds is 2. The summed E-state index contributed by atoms with van der Waals surface area (Å²) in [5.41, 5.74) is -1.15. The fourth-order valence-electron chi connectivity index (χ4n) is 1.61. The number of benzene rings is 1. The van der Waals surface area contributed by atoms with E-state index in [0.717, 1.165) is 12.1 Å². The van der Waals surface area contributed by atoms with E-state index < -0.39 is 17.6 Å². The molecule has 0 saturated heterocycles. The molecule has 19 heavy (non-hydrogen) atoms. The van der Waals surface area contributed by atoms with Crippen LogP contribution in [0.15, 0.2) is 18.2 Å². The normalized spacial score (nSPS) is 11.9. The maximum Gasteiger partial charge on any atom is 0.419 e. The smallest absolute Gasteiger partial charge is 0.313 e. The molecule has 0 aliphatic heterocycles. The van der Waals surface area contributed by atoms with Crippen LogP contribution in [0.25, 0.3) is 11.4 Å². The van der Waals surface area contributed by atoms with Crippen LogP contribution in [0.2, 0.25) is 0 Å². The number of aromatic nitrogens is 3. The number of hydrogen-bond acceptors (Lipinski definition) is 2. The van der Waals surface area contributed by atoms with Crippen molar-refractivity contribution in [3.63, 3.8) is 0 Å². The van der Waals surface area contributed by atoms with Gasteiger partial charge in [-0.3, -0.25) is 0 Å². The fourth-order valence-corrected chi connectivity index (χ4v) is 2.10. The van der Waals surface area contributed by atoms with Crippen molar-refractivity contribution in [2.75, 3.05) is 0 Å². The Bertz CT molecular complexity index is 606. The Balaban J connectivity index is 2.55. The molecule has 0 radical (unpaired) electrons. The van der Waals surface area contributed by atoms with E-state index in [2.05, 4.69) is 26.1 Å². The molecule has 0 N–H and O–H groups in total. The van der Waals surface area contributed by atoms with E-state index in [-0.39, 0.29) is 11.4 Å². The number of alkyl halides is 4. The van der Waals surface area contributed by atoms with Gasteiger partial charge in [0.1, 0.15) is 11.6 Å². The standard InChI is InChI=1S/C11H8BrF4N3/c1-19-9(5-12)17-18-10(19)6-2-3-8(13)7(4-6)11(14,15)16/h2-4H,5H2,1H3. The number of hydrogen-bond donors (Lipinski definition) is 0. The van der Waals surface area contributed by atoms with Gasteiger partial charge in [-0.05, 0) is 18.2 Å². The summed E-state index contributed by atoms with van der Waals surface area (Å²) in [6.45, 7) is 0. The van der Waals surface area contributed by atoms with Gasteiger partial charge in [-0.25, -0.2) is 4.39 Å². The first-order chi connectivity index (χ1) is 8.84. The van der Waals surface area contributed by atoms with Gasteiger partial charge in [-0.1, -0.05) is 15.9 Å². The maximum atomic E-state index is 13.2. The van der Waals surface area contributed by atoms with Crippen molar-refractivity contribution in [1.29, 1.82) is 0 Å². The molecule has 8 heteroatoms. The molecule has 0 atom stereocenters. The Kier molecular flexibility index (Phi) is 3.62. The minimum Gasteiger partial charge on any atom is -0.313 e. The third-order valence-electron chi connectivity index (χ3n) is 2.61. The highest BCUT2D eigenvalue weighted by molar-refractivity contribution is 9.08. The molecule has 1 heterocycles. The van der Waals surface area contributed by atoms with Crippen LogP contribution in [0.4, 0.5) is 17.6 Å². The fraction of sp³-hybridized carbons (Fsp3) is 0.273. The molecule has 102 valence electrons. The first kappa shape index (κ1) is 14.0. The number of nitrogens with zero attached hydrogens (tertiary/aromatic N) is 3. The van der Waals surface area contributed by atoms with Gasteiger partial charge in [0, 0.05) is 12.6 Å². The largest absolute Gasteiger partial charge is 0.419 e. The van der Waals surface area contributed by atoms with Gasteiger partial charge in [0.05, 0.1) is 10.9 Å². The lowest BCUT2D eigenvalue weighted by molar-refractivity contribution is -0.139. The van der Waals surface area contributed by atoms with Gasteiger partial charge < -0.3 is 4.57 Å². The molecular formula is C11H8BrF4N3. The maximum absolute atomic E-state index is 13.2. The van der Waals surface area contributed by atoms with Crippen molar-refractivity contribution in [3.8, 4) is 11.4 Å². The molecule has 0 saturated carbocycles. The number of halogens is 5. The van der Waals surface area contributed by atoms with E-state index in [4.69, 9.17) is 0 Å². The Labute approximate surface area is 114 Å². The van der Waals surface area contributed by atoms with Crippen LogP contribution < -0.4 is 0 Å². The van der Waals surface area contributed by atoms with Crippen molar-refractivity contribution in [2.24, 2.45) is 7.05 Å². The second-order valence-electron chi connectivity index (χ2n) is 3.82. The summed E-state index contributed by atoms with van der Waals surface area (Å²) in [6, 6.07) is 2.75. The van der Waals surface area contributed by atoms with E-state index in [9.17, 15) is 17.6 Å². The molecule has 0 amide bonds. The quantitative estimate of drug-likeness (QED) is 0.620. The predicted octanol–water partition coefficient (Wildman–Crippen LogP) is 3.53. The van der Waals surface area contributed by atoms with Crippen LogP contribution in [0, 0.1) is 5.82 Å². The molecular weight excluding hydrogens is 330 g/mol. The molecule has 0 aliphatic rings. The van der Waals surface area contributed by atoms with Gasteiger partial charge in [0.2, 0.25) is 0 Å². The Hall–Kier alpha value is -1.44. The first-order valence-corrected chi connectivity index (χ1v) is 6.28. The second kappa shape index (κ2) is 4.92. The Morgan fingerprint density at radius 3 is 2.47 bits per heavy atom. The molecule has 0 unspecified atom stereocenters. The monoisotopic (exact) mass is 337 g/mol. The van der Waals surface area contributed by atoms with E-state index in [1.54, 1.807) is 11.6 Å². The average molecular weight is 338 g/mol. The van der Waals surface area contributed by atoms with Crippen LogP contribution in [0.5, 0.6) is 0 Å². The van der Waals surface area contributed by atoms with E-state index in [1.165, 1.54) is 6.07 Å². The van der Waals surface area contributed by atoms with Crippen LogP contribution in [0.1, 0.15) is 11.4 Å². The second-order valence-corrected chi connectivity index (χ2v) is 4.39. The minimum atomic E-state index is -4.74. The lowest BCUT2D eigenvalue weighted by Gasteiger charge is -2.10. The Morgan fingerprint density at radius 1 is 1.26 bits per heavy atom. The molecule has 1 aromatic heterocycles. The topological polar surface area (TPSA) is 30.7 Å². The van der Waals surface area contributed by atoms with Gasteiger partial charge in [0.15, 0.2) is 5.82 Å². The first-order valence-electron chi connectivity index (χ1n) is 5.16. The summed E-state index contributed by atoms with van der Waals surface area (Å²) in [5, 5.41) is 8.04. The highest BCUT2D eigenvalue weighted by Gasteiger charge is 2.34. The van der Waals surface area contributed by atoms with Gasteiger partial charge >= 0.3 is 6.18 Å². The zero-order valence-electron chi connectivity index (χ0n) is 9.67. The highest BCUT2D eigenvalue weighted by Crippen LogP contribution is 2.33. The van der Waals surface area contributed by atoms with Crippen molar-refractivity contribution >= 4 is 15.9 Å². The third-order valence-corrected chi connectivity index (χ3v) is 3.12. The molecule has 1 aromatic carbocycles. The lowest BCUT2D eigenvalue weighted by Crippen LogP contribution is -2.08. The van der Waals surface area contributed by atoms with Crippen LogP contribution in [0.3, 0.4) is 0 Å². The molecule has 2 rings (SSSR count).